The molecule has 0 aliphatic heterocycles. The van der Waals surface area contributed by atoms with E-state index >= 15 is 0 Å². The SMILES string of the molecule is CCCCCCCCCCCCCCCCCCC=CC=C(C)C(N)=O. The van der Waals surface area contributed by atoms with Crippen LogP contribution >= 0.6 is 0 Å². The zero-order chi connectivity index (χ0) is 19.3. The number of rotatable bonds is 19. The highest BCUT2D eigenvalue weighted by atomic mass is 16.1. The summed E-state index contributed by atoms with van der Waals surface area (Å²) in [4.78, 5) is 10.8. The molecule has 0 aliphatic rings. The van der Waals surface area contributed by atoms with Crippen LogP contribution in [0.25, 0.3) is 0 Å². The summed E-state index contributed by atoms with van der Waals surface area (Å²) >= 11 is 0. The molecule has 1 amide bonds. The molecule has 2 N–H and O–H groups in total. The molecule has 0 saturated heterocycles. The Hall–Kier alpha value is -1.05. The maximum Gasteiger partial charge on any atom is 0.244 e. The van der Waals surface area contributed by atoms with Gasteiger partial charge in [-0.25, -0.2) is 0 Å². The second-order valence-electron chi connectivity index (χ2n) is 7.73. The van der Waals surface area contributed by atoms with Crippen LogP contribution in [0.4, 0.5) is 0 Å². The van der Waals surface area contributed by atoms with Gasteiger partial charge in [0.25, 0.3) is 0 Å². The van der Waals surface area contributed by atoms with Crippen molar-refractivity contribution in [3.8, 4) is 0 Å². The average molecular weight is 364 g/mol. The Labute approximate surface area is 163 Å². The van der Waals surface area contributed by atoms with Gasteiger partial charge in [0, 0.05) is 5.57 Å². The number of allylic oxidation sites excluding steroid dienone is 3. The molecule has 2 nitrogen and oxygen atoms in total. The number of carbonyl (C=O) groups excluding carboxylic acids is 1. The molecule has 0 spiro atoms. The van der Waals surface area contributed by atoms with E-state index in [4.69, 9.17) is 5.73 Å². The third-order valence-corrected chi connectivity index (χ3v) is 5.10. The van der Waals surface area contributed by atoms with Gasteiger partial charge in [-0.2, -0.15) is 0 Å². The normalized spacial score (nSPS) is 12.2. The van der Waals surface area contributed by atoms with Gasteiger partial charge in [0.15, 0.2) is 0 Å². The van der Waals surface area contributed by atoms with E-state index in [0.29, 0.717) is 5.57 Å². The largest absolute Gasteiger partial charge is 0.366 e. The Morgan fingerprint density at radius 3 is 1.46 bits per heavy atom. The lowest BCUT2D eigenvalue weighted by atomic mass is 10.0. The van der Waals surface area contributed by atoms with E-state index in [0.717, 1.165) is 6.42 Å². The highest BCUT2D eigenvalue weighted by molar-refractivity contribution is 5.91. The van der Waals surface area contributed by atoms with Gasteiger partial charge in [0.05, 0.1) is 0 Å². The molecule has 26 heavy (non-hydrogen) atoms. The second-order valence-corrected chi connectivity index (χ2v) is 7.73. The molecule has 0 heterocycles. The number of carbonyl (C=O) groups is 1. The van der Waals surface area contributed by atoms with Crippen molar-refractivity contribution in [2.24, 2.45) is 5.73 Å². The van der Waals surface area contributed by atoms with Crippen LogP contribution in [0.15, 0.2) is 23.8 Å². The summed E-state index contributed by atoms with van der Waals surface area (Å²) in [6, 6.07) is 0. The van der Waals surface area contributed by atoms with Gasteiger partial charge in [-0.15, -0.1) is 0 Å². The van der Waals surface area contributed by atoms with Crippen LogP contribution in [0, 0.1) is 0 Å². The number of hydrogen-bond acceptors (Lipinski definition) is 1. The first-order valence-corrected chi connectivity index (χ1v) is 11.3. The zero-order valence-corrected chi connectivity index (χ0v) is 17.7. The van der Waals surface area contributed by atoms with Crippen LogP contribution in [-0.2, 0) is 4.79 Å². The third kappa shape index (κ3) is 19.3. The van der Waals surface area contributed by atoms with E-state index in [1.165, 1.54) is 103 Å². The standard InChI is InChI=1S/C24H45NO/c1-3-4-5-6-7-8-9-10-11-12-13-14-15-16-17-18-19-20-21-22-23(2)24(25)26/h20-22H,3-19H2,1-2H3,(H2,25,26). The molecule has 0 saturated carbocycles. The maximum absolute atomic E-state index is 10.8. The van der Waals surface area contributed by atoms with Crippen LogP contribution < -0.4 is 5.73 Å². The van der Waals surface area contributed by atoms with E-state index in [-0.39, 0.29) is 5.91 Å². The first kappa shape index (κ1) is 24.9. The van der Waals surface area contributed by atoms with Crippen molar-refractivity contribution < 1.29 is 4.79 Å². The predicted molar refractivity (Wildman–Crippen MR) is 116 cm³/mol. The molecule has 0 unspecified atom stereocenters. The summed E-state index contributed by atoms with van der Waals surface area (Å²) in [5.74, 6) is -0.336. The Balaban J connectivity index is 3.17. The Morgan fingerprint density at radius 2 is 1.08 bits per heavy atom. The van der Waals surface area contributed by atoms with Gasteiger partial charge in [-0.3, -0.25) is 4.79 Å². The quantitative estimate of drug-likeness (QED) is 0.143. The zero-order valence-electron chi connectivity index (χ0n) is 17.7. The van der Waals surface area contributed by atoms with Crippen molar-refractivity contribution in [1.29, 1.82) is 0 Å². The molecule has 0 aromatic carbocycles. The van der Waals surface area contributed by atoms with E-state index in [2.05, 4.69) is 13.0 Å². The van der Waals surface area contributed by atoms with E-state index in [1.54, 1.807) is 13.0 Å². The average Bonchev–Trinajstić information content (AvgIpc) is 2.63. The molecule has 0 fully saturated rings. The summed E-state index contributed by atoms with van der Waals surface area (Å²) in [6.07, 6.45) is 29.5. The third-order valence-electron chi connectivity index (χ3n) is 5.10. The number of amides is 1. The van der Waals surface area contributed by atoms with E-state index < -0.39 is 0 Å². The molecule has 2 heteroatoms. The van der Waals surface area contributed by atoms with Crippen LogP contribution in [0.5, 0.6) is 0 Å². The molecule has 0 aromatic heterocycles. The minimum Gasteiger partial charge on any atom is -0.366 e. The topological polar surface area (TPSA) is 43.1 Å². The summed E-state index contributed by atoms with van der Waals surface area (Å²) < 4.78 is 0. The van der Waals surface area contributed by atoms with Crippen LogP contribution in [-0.4, -0.2) is 5.91 Å². The molecule has 0 bridgehead atoms. The Bertz CT molecular complexity index is 370. The molecule has 0 aliphatic carbocycles. The highest BCUT2D eigenvalue weighted by Crippen LogP contribution is 2.14. The Morgan fingerprint density at radius 1 is 0.692 bits per heavy atom. The smallest absolute Gasteiger partial charge is 0.244 e. The molecule has 0 atom stereocenters. The second kappa shape index (κ2) is 20.3. The number of primary amides is 1. The fourth-order valence-corrected chi connectivity index (χ4v) is 3.20. The predicted octanol–water partition coefficient (Wildman–Crippen LogP) is 7.63. The fraction of sp³-hybridized carbons (Fsp3) is 0.792. The van der Waals surface area contributed by atoms with Gasteiger partial charge in [0.2, 0.25) is 5.91 Å². The minimum atomic E-state index is -0.336. The highest BCUT2D eigenvalue weighted by Gasteiger charge is 1.95. The van der Waals surface area contributed by atoms with Crippen molar-refractivity contribution in [1.82, 2.24) is 0 Å². The van der Waals surface area contributed by atoms with Crippen molar-refractivity contribution in [2.75, 3.05) is 0 Å². The van der Waals surface area contributed by atoms with Crippen molar-refractivity contribution in [2.45, 2.75) is 123 Å². The van der Waals surface area contributed by atoms with Crippen molar-refractivity contribution in [3.63, 3.8) is 0 Å². The lowest BCUT2D eigenvalue weighted by Gasteiger charge is -2.03. The van der Waals surface area contributed by atoms with Gasteiger partial charge in [0.1, 0.15) is 0 Å². The molecule has 0 rings (SSSR count). The minimum absolute atomic E-state index is 0.336. The van der Waals surface area contributed by atoms with Crippen molar-refractivity contribution in [3.05, 3.63) is 23.8 Å². The lowest BCUT2D eigenvalue weighted by molar-refractivity contribution is -0.114. The van der Waals surface area contributed by atoms with Gasteiger partial charge in [-0.05, 0) is 19.8 Å². The summed E-state index contributed by atoms with van der Waals surface area (Å²) in [6.45, 7) is 4.04. The molecule has 0 radical (unpaired) electrons. The van der Waals surface area contributed by atoms with Crippen LogP contribution in [0.3, 0.4) is 0 Å². The Kier molecular flexibility index (Phi) is 19.4. The first-order valence-electron chi connectivity index (χ1n) is 11.3. The molecule has 0 aromatic rings. The molecular formula is C24H45NO. The maximum atomic E-state index is 10.8. The lowest BCUT2D eigenvalue weighted by Crippen LogP contribution is -2.11. The first-order chi connectivity index (χ1) is 12.7. The van der Waals surface area contributed by atoms with Crippen LogP contribution in [0.1, 0.15) is 123 Å². The van der Waals surface area contributed by atoms with Crippen molar-refractivity contribution >= 4 is 5.91 Å². The number of hydrogen-bond donors (Lipinski definition) is 1. The number of unbranched alkanes of at least 4 members (excludes halogenated alkanes) is 16. The summed E-state index contributed by atoms with van der Waals surface area (Å²) in [7, 11) is 0. The van der Waals surface area contributed by atoms with Gasteiger partial charge >= 0.3 is 0 Å². The summed E-state index contributed by atoms with van der Waals surface area (Å²) in [5, 5.41) is 0. The summed E-state index contributed by atoms with van der Waals surface area (Å²) in [5.41, 5.74) is 5.79. The fourth-order valence-electron chi connectivity index (χ4n) is 3.20. The van der Waals surface area contributed by atoms with Gasteiger partial charge in [-0.1, -0.05) is 121 Å². The van der Waals surface area contributed by atoms with Crippen LogP contribution in [0.2, 0.25) is 0 Å². The van der Waals surface area contributed by atoms with Gasteiger partial charge < -0.3 is 5.73 Å². The molecular weight excluding hydrogens is 318 g/mol. The molecule has 152 valence electrons. The van der Waals surface area contributed by atoms with E-state index in [9.17, 15) is 4.79 Å². The van der Waals surface area contributed by atoms with E-state index in [1.807, 2.05) is 6.08 Å². The monoisotopic (exact) mass is 363 g/mol. The number of nitrogens with two attached hydrogens (primary N) is 1.